The molecule has 3 aromatic rings. The first-order valence-electron chi connectivity index (χ1n) is 10.4. The highest BCUT2D eigenvalue weighted by molar-refractivity contribution is 5.15. The van der Waals surface area contributed by atoms with E-state index in [0.29, 0.717) is 32.8 Å². The number of benzene rings is 3. The van der Waals surface area contributed by atoms with Gasteiger partial charge in [0.05, 0.1) is 32.5 Å². The second-order valence-corrected chi connectivity index (χ2v) is 7.47. The van der Waals surface area contributed by atoms with Gasteiger partial charge in [-0.05, 0) is 16.7 Å². The maximum atomic E-state index is 6.08. The fourth-order valence-electron chi connectivity index (χ4n) is 3.30. The van der Waals surface area contributed by atoms with Crippen LogP contribution in [-0.2, 0) is 38.8 Å². The van der Waals surface area contributed by atoms with Gasteiger partial charge < -0.3 is 18.9 Å². The zero-order chi connectivity index (χ0) is 20.4. The molecule has 1 saturated heterocycles. The molecule has 0 amide bonds. The van der Waals surface area contributed by atoms with Crippen LogP contribution >= 0.6 is 0 Å². The topological polar surface area (TPSA) is 40.2 Å². The summed E-state index contributed by atoms with van der Waals surface area (Å²) in [5, 5.41) is 0. The predicted octanol–water partition coefficient (Wildman–Crippen LogP) is 5.12. The molecule has 0 spiro atoms. The quantitative estimate of drug-likeness (QED) is 0.310. The van der Waals surface area contributed by atoms with Crippen LogP contribution in [0.25, 0.3) is 0 Å². The van der Waals surface area contributed by atoms with Crippen LogP contribution in [0.1, 0.15) is 23.1 Å². The molecule has 0 bridgehead atoms. The third kappa shape index (κ3) is 6.78. The van der Waals surface area contributed by atoms with Gasteiger partial charge in [-0.25, -0.2) is 0 Å². The molecule has 1 aliphatic heterocycles. The van der Waals surface area contributed by atoms with E-state index in [9.17, 15) is 0 Å². The van der Waals surface area contributed by atoms with E-state index in [-0.39, 0.29) is 18.5 Å². The molecule has 0 saturated carbocycles. The van der Waals surface area contributed by atoms with E-state index in [1.165, 1.54) is 5.56 Å². The Bertz CT molecular complexity index is 810. The van der Waals surface area contributed by atoms with Gasteiger partial charge in [-0.1, -0.05) is 91.0 Å². The zero-order valence-corrected chi connectivity index (χ0v) is 17.1. The summed E-state index contributed by atoms with van der Waals surface area (Å²) in [6, 6.07) is 30.5. The van der Waals surface area contributed by atoms with E-state index >= 15 is 0 Å². The summed E-state index contributed by atoms with van der Waals surface area (Å²) in [6.45, 7) is 2.22. The average molecular weight is 405 g/mol. The number of hydrogen-bond donors (Lipinski definition) is 0. The molecular formula is C26H28O4. The van der Waals surface area contributed by atoms with Crippen LogP contribution in [0.2, 0.25) is 0 Å². The standard InChI is InChI=1S/C26H28O4/c1-4-10-21(11-5-1)17-27-20-25-24(30-25)16-26(28-18-22-12-6-2-7-13-22)29-19-23-14-8-3-9-15-23/h1-15,24-26H,16-20H2/t24-,25+/m1/s1. The molecule has 1 aliphatic rings. The first-order valence-corrected chi connectivity index (χ1v) is 10.4. The molecule has 4 nitrogen and oxygen atoms in total. The molecule has 3 aromatic carbocycles. The van der Waals surface area contributed by atoms with Gasteiger partial charge in [0.1, 0.15) is 6.10 Å². The lowest BCUT2D eigenvalue weighted by molar-refractivity contribution is -0.162. The molecule has 0 unspecified atom stereocenters. The number of ether oxygens (including phenoxy) is 4. The summed E-state index contributed by atoms with van der Waals surface area (Å²) in [4.78, 5) is 0. The Hall–Kier alpha value is -2.50. The highest BCUT2D eigenvalue weighted by Crippen LogP contribution is 2.29. The first-order chi connectivity index (χ1) is 14.9. The van der Waals surface area contributed by atoms with Crippen LogP contribution in [-0.4, -0.2) is 25.1 Å². The SMILES string of the molecule is c1ccc(COC[C@@H]2O[C@@H]2CC(OCc2ccccc2)OCc2ccccc2)cc1. The molecule has 4 heteroatoms. The highest BCUT2D eigenvalue weighted by atomic mass is 16.7. The third-order valence-electron chi connectivity index (χ3n) is 5.06. The summed E-state index contributed by atoms with van der Waals surface area (Å²) in [5.74, 6) is 0. The fourth-order valence-corrected chi connectivity index (χ4v) is 3.30. The smallest absolute Gasteiger partial charge is 0.161 e. The Morgan fingerprint density at radius 1 is 0.600 bits per heavy atom. The molecule has 1 heterocycles. The van der Waals surface area contributed by atoms with E-state index in [0.717, 1.165) is 11.1 Å². The van der Waals surface area contributed by atoms with Gasteiger partial charge in [0.2, 0.25) is 0 Å². The number of rotatable bonds is 12. The van der Waals surface area contributed by atoms with Crippen molar-refractivity contribution in [2.24, 2.45) is 0 Å². The van der Waals surface area contributed by atoms with Crippen LogP contribution in [0.4, 0.5) is 0 Å². The summed E-state index contributed by atoms with van der Waals surface area (Å²) in [7, 11) is 0. The van der Waals surface area contributed by atoms with Crippen molar-refractivity contribution in [3.63, 3.8) is 0 Å². The Labute approximate surface area is 178 Å². The lowest BCUT2D eigenvalue weighted by Crippen LogP contribution is -2.21. The fraction of sp³-hybridized carbons (Fsp3) is 0.308. The van der Waals surface area contributed by atoms with Gasteiger partial charge in [-0.2, -0.15) is 0 Å². The van der Waals surface area contributed by atoms with Crippen molar-refractivity contribution in [1.29, 1.82) is 0 Å². The molecule has 4 rings (SSSR count). The predicted molar refractivity (Wildman–Crippen MR) is 116 cm³/mol. The lowest BCUT2D eigenvalue weighted by atomic mass is 10.2. The van der Waals surface area contributed by atoms with E-state index in [1.54, 1.807) is 0 Å². The molecule has 0 aromatic heterocycles. The normalized spacial score (nSPS) is 17.9. The number of epoxide rings is 1. The number of hydrogen-bond acceptors (Lipinski definition) is 4. The lowest BCUT2D eigenvalue weighted by Gasteiger charge is -2.18. The van der Waals surface area contributed by atoms with Crippen LogP contribution < -0.4 is 0 Å². The summed E-state index contributed by atoms with van der Waals surface area (Å²) in [5.41, 5.74) is 3.43. The van der Waals surface area contributed by atoms with Crippen molar-refractivity contribution in [3.8, 4) is 0 Å². The molecule has 156 valence electrons. The summed E-state index contributed by atoms with van der Waals surface area (Å²) in [6.07, 6.45) is 0.586. The van der Waals surface area contributed by atoms with Crippen molar-refractivity contribution in [2.75, 3.05) is 6.61 Å². The Balaban J connectivity index is 1.24. The molecule has 0 radical (unpaired) electrons. The van der Waals surface area contributed by atoms with Crippen LogP contribution in [0.5, 0.6) is 0 Å². The van der Waals surface area contributed by atoms with E-state index in [1.807, 2.05) is 54.6 Å². The molecule has 30 heavy (non-hydrogen) atoms. The van der Waals surface area contributed by atoms with Gasteiger partial charge in [0, 0.05) is 6.42 Å². The van der Waals surface area contributed by atoms with Crippen molar-refractivity contribution >= 4 is 0 Å². The summed E-state index contributed by atoms with van der Waals surface area (Å²) < 4.78 is 23.8. The molecule has 0 aliphatic carbocycles. The minimum atomic E-state index is -0.325. The van der Waals surface area contributed by atoms with Crippen molar-refractivity contribution in [1.82, 2.24) is 0 Å². The van der Waals surface area contributed by atoms with E-state index in [2.05, 4.69) is 36.4 Å². The van der Waals surface area contributed by atoms with Crippen molar-refractivity contribution in [3.05, 3.63) is 108 Å². The van der Waals surface area contributed by atoms with Gasteiger partial charge in [0.25, 0.3) is 0 Å². The van der Waals surface area contributed by atoms with Crippen molar-refractivity contribution < 1.29 is 18.9 Å². The Morgan fingerprint density at radius 3 is 1.57 bits per heavy atom. The van der Waals surface area contributed by atoms with Crippen molar-refractivity contribution in [2.45, 2.75) is 44.7 Å². The monoisotopic (exact) mass is 404 g/mol. The van der Waals surface area contributed by atoms with E-state index in [4.69, 9.17) is 18.9 Å². The Morgan fingerprint density at radius 2 is 1.07 bits per heavy atom. The van der Waals surface area contributed by atoms with Crippen LogP contribution in [0, 0.1) is 0 Å². The highest BCUT2D eigenvalue weighted by Gasteiger charge is 2.41. The van der Waals surface area contributed by atoms with Gasteiger partial charge in [-0.15, -0.1) is 0 Å². The second kappa shape index (κ2) is 11.0. The molecule has 1 fully saturated rings. The van der Waals surface area contributed by atoms with Gasteiger partial charge >= 0.3 is 0 Å². The Kier molecular flexibility index (Phi) is 7.64. The largest absolute Gasteiger partial charge is 0.374 e. The minimum Gasteiger partial charge on any atom is -0.374 e. The first kappa shape index (κ1) is 20.8. The minimum absolute atomic E-state index is 0.108. The third-order valence-corrected chi connectivity index (χ3v) is 5.06. The van der Waals surface area contributed by atoms with Gasteiger partial charge in [-0.3, -0.25) is 0 Å². The van der Waals surface area contributed by atoms with Gasteiger partial charge in [0.15, 0.2) is 6.29 Å². The maximum Gasteiger partial charge on any atom is 0.161 e. The summed E-state index contributed by atoms with van der Waals surface area (Å²) >= 11 is 0. The maximum absolute atomic E-state index is 6.08. The van der Waals surface area contributed by atoms with E-state index < -0.39 is 0 Å². The van der Waals surface area contributed by atoms with Crippen LogP contribution in [0.3, 0.4) is 0 Å². The molecule has 2 atom stereocenters. The zero-order valence-electron chi connectivity index (χ0n) is 17.1. The van der Waals surface area contributed by atoms with Crippen LogP contribution in [0.15, 0.2) is 91.0 Å². The average Bonchev–Trinajstić information content (AvgIpc) is 3.55. The second-order valence-electron chi connectivity index (χ2n) is 7.47. The molecule has 0 N–H and O–H groups in total. The molecular weight excluding hydrogens is 376 g/mol.